The fourth-order valence-electron chi connectivity index (χ4n) is 5.21. The zero-order valence-corrected chi connectivity index (χ0v) is 21.2. The Morgan fingerprint density at radius 2 is 1.92 bits per heavy atom. The summed E-state index contributed by atoms with van der Waals surface area (Å²) < 4.78 is 14.7. The number of β-amino-alcohol motifs (C(OH)–C–C–N with tert-alkyl or cyclic N) is 1. The largest absolute Gasteiger partial charge is 0.790 e. The van der Waals surface area contributed by atoms with Crippen LogP contribution in [0.25, 0.3) is 0 Å². The minimum Gasteiger partial charge on any atom is -0.790 e. The van der Waals surface area contributed by atoms with Crippen LogP contribution in [0, 0.1) is 13.8 Å². The van der Waals surface area contributed by atoms with Gasteiger partial charge in [-0.05, 0) is 48.4 Å². The second-order valence-corrected chi connectivity index (χ2v) is 11.2. The Morgan fingerprint density at radius 3 is 2.56 bits per heavy atom. The number of rotatable bonds is 7. The summed E-state index contributed by atoms with van der Waals surface area (Å²) in [5.74, 6) is -0.514. The highest BCUT2D eigenvalue weighted by molar-refractivity contribution is 7.43. The predicted octanol–water partition coefficient (Wildman–Crippen LogP) is -1.44. The van der Waals surface area contributed by atoms with Crippen LogP contribution in [0.2, 0.25) is 0 Å². The number of amidine groups is 1. The van der Waals surface area contributed by atoms with Crippen molar-refractivity contribution in [2.75, 3.05) is 29.5 Å². The van der Waals surface area contributed by atoms with Gasteiger partial charge in [0.1, 0.15) is 24.1 Å². The van der Waals surface area contributed by atoms with E-state index in [1.54, 1.807) is 0 Å². The fraction of sp³-hybridized carbons (Fsp3) is 0.591. The lowest BCUT2D eigenvalue weighted by atomic mass is 9.73. The zero-order chi connectivity index (χ0) is 26.7. The van der Waals surface area contributed by atoms with Gasteiger partial charge in [0, 0.05) is 6.54 Å². The third-order valence-corrected chi connectivity index (χ3v) is 7.59. The monoisotopic (exact) mass is 524 g/mol. The number of aliphatic hydroxyl groups excluding tert-OH is 3. The number of phosphoric ester groups is 1. The van der Waals surface area contributed by atoms with E-state index in [1.807, 2.05) is 24.8 Å². The molecule has 0 saturated carbocycles. The number of carbonyl (C=O) groups excluding carboxylic acids is 2. The van der Waals surface area contributed by atoms with Gasteiger partial charge in [0.05, 0.1) is 32.3 Å². The van der Waals surface area contributed by atoms with Crippen molar-refractivity contribution in [3.05, 3.63) is 22.8 Å². The lowest BCUT2D eigenvalue weighted by Gasteiger charge is -2.52. The molecule has 0 spiro atoms. The quantitative estimate of drug-likeness (QED) is 0.305. The first-order chi connectivity index (χ1) is 16.6. The third kappa shape index (κ3) is 4.68. The topological polar surface area (TPSA) is 198 Å². The number of nitrogens with zero attached hydrogens (tertiary/aromatic N) is 3. The number of aryl methyl sites for hydroxylation is 1. The van der Waals surface area contributed by atoms with Gasteiger partial charge in [0.25, 0.3) is 5.91 Å². The standard InChI is InChI=1S/C22H31N4O9P/c1-10-7-12-16-15(11(10)2)22(3,4)5-6-25(16)17-19(23-21(31)24-20(17)30)26(12)8-13(27)18(29)14(28)9-35-36(32,33)34/h7,13-14,17-18,27-29H,5-6,8-9H2,1-4H3,(H,24,30,31)(H2,32,33,34)/p-2/t13-,14+,17?,18-/m0/s1. The van der Waals surface area contributed by atoms with Crippen LogP contribution in [0.1, 0.15) is 37.0 Å². The van der Waals surface area contributed by atoms with E-state index in [0.717, 1.165) is 28.8 Å². The van der Waals surface area contributed by atoms with Crippen LogP contribution < -0.4 is 24.9 Å². The molecule has 1 aromatic carbocycles. The van der Waals surface area contributed by atoms with Crippen LogP contribution in [-0.4, -0.2) is 77.1 Å². The number of imide groups is 1. The highest BCUT2D eigenvalue weighted by atomic mass is 31.2. The van der Waals surface area contributed by atoms with Crippen molar-refractivity contribution >= 4 is 37.0 Å². The molecule has 36 heavy (non-hydrogen) atoms. The molecule has 0 aliphatic carbocycles. The molecule has 0 radical (unpaired) electrons. The number of anilines is 2. The smallest absolute Gasteiger partial charge is 0.349 e. The molecule has 4 N–H and O–H groups in total. The van der Waals surface area contributed by atoms with E-state index in [4.69, 9.17) is 0 Å². The van der Waals surface area contributed by atoms with E-state index in [9.17, 15) is 39.3 Å². The minimum absolute atomic E-state index is 0.0609. The molecule has 4 rings (SSSR count). The molecular weight excluding hydrogens is 495 g/mol. The van der Waals surface area contributed by atoms with Crippen molar-refractivity contribution in [2.45, 2.75) is 63.9 Å². The van der Waals surface area contributed by atoms with Crippen molar-refractivity contribution in [3.63, 3.8) is 0 Å². The van der Waals surface area contributed by atoms with Gasteiger partial charge in [-0.3, -0.25) is 10.1 Å². The van der Waals surface area contributed by atoms with Crippen LogP contribution in [0.4, 0.5) is 16.2 Å². The number of nitrogens with one attached hydrogen (secondary N) is 1. The first-order valence-electron chi connectivity index (χ1n) is 11.5. The first kappa shape index (κ1) is 26.7. The van der Waals surface area contributed by atoms with E-state index in [-0.39, 0.29) is 11.3 Å². The summed E-state index contributed by atoms with van der Waals surface area (Å²) in [5, 5.41) is 33.5. The van der Waals surface area contributed by atoms with E-state index in [0.29, 0.717) is 12.2 Å². The van der Waals surface area contributed by atoms with Crippen molar-refractivity contribution in [2.24, 2.45) is 4.99 Å². The van der Waals surface area contributed by atoms with Crippen molar-refractivity contribution in [3.8, 4) is 0 Å². The number of fused-ring (bicyclic) bond motifs is 2. The molecule has 3 heterocycles. The second kappa shape index (κ2) is 9.18. The Hall–Kier alpha value is -2.38. The number of aliphatic hydroxyl groups is 3. The molecule has 3 amide bonds. The van der Waals surface area contributed by atoms with Gasteiger partial charge in [0.15, 0.2) is 6.04 Å². The van der Waals surface area contributed by atoms with Crippen molar-refractivity contribution in [1.82, 2.24) is 5.32 Å². The summed E-state index contributed by atoms with van der Waals surface area (Å²) in [5.41, 5.74) is 4.07. The van der Waals surface area contributed by atoms with Crippen LogP contribution in [0.5, 0.6) is 0 Å². The van der Waals surface area contributed by atoms with Gasteiger partial charge >= 0.3 is 6.03 Å². The van der Waals surface area contributed by atoms with Gasteiger partial charge in [-0.2, -0.15) is 4.99 Å². The maximum atomic E-state index is 13.0. The van der Waals surface area contributed by atoms with E-state index >= 15 is 0 Å². The average molecular weight is 524 g/mol. The Balaban J connectivity index is 1.78. The Kier molecular flexibility index (Phi) is 6.80. The molecule has 3 aliphatic heterocycles. The molecule has 4 atom stereocenters. The van der Waals surface area contributed by atoms with Gasteiger partial charge in [-0.1, -0.05) is 13.8 Å². The number of hydrogen-bond donors (Lipinski definition) is 4. The number of benzene rings is 1. The van der Waals surface area contributed by atoms with Crippen LogP contribution >= 0.6 is 7.82 Å². The summed E-state index contributed by atoms with van der Waals surface area (Å²) in [6.45, 7) is 7.18. The second-order valence-electron chi connectivity index (χ2n) is 10.0. The SMILES string of the molecule is Cc1cc2c3c(c1C)C(C)(C)CCN3C1C(=O)NC(=O)N=C1N2C[C@H](O)[C@H](O)[C@H](O)COP(=O)([O-])[O-]. The van der Waals surface area contributed by atoms with Crippen LogP contribution in [-0.2, 0) is 19.3 Å². The van der Waals surface area contributed by atoms with E-state index in [2.05, 4.69) is 28.7 Å². The molecule has 1 aromatic rings. The third-order valence-electron chi connectivity index (χ3n) is 7.12. The molecule has 3 aliphatic rings. The first-order valence-corrected chi connectivity index (χ1v) is 12.9. The Bertz CT molecular complexity index is 1180. The maximum absolute atomic E-state index is 13.0. The molecule has 1 unspecified atom stereocenters. The van der Waals surface area contributed by atoms with Gasteiger partial charge in [0.2, 0.25) is 0 Å². The zero-order valence-electron chi connectivity index (χ0n) is 20.3. The average Bonchev–Trinajstić information content (AvgIpc) is 2.76. The molecule has 0 saturated heterocycles. The molecule has 0 bridgehead atoms. The summed E-state index contributed by atoms with van der Waals surface area (Å²) in [7, 11) is -5.40. The fourth-order valence-corrected chi connectivity index (χ4v) is 5.55. The maximum Gasteiger partial charge on any atom is 0.349 e. The molecule has 14 heteroatoms. The summed E-state index contributed by atoms with van der Waals surface area (Å²) in [6, 6.07) is 0.0185. The molecule has 13 nitrogen and oxygen atoms in total. The summed E-state index contributed by atoms with van der Waals surface area (Å²) in [6.07, 6.45) is -4.78. The van der Waals surface area contributed by atoms with Crippen LogP contribution in [0.15, 0.2) is 11.1 Å². The summed E-state index contributed by atoms with van der Waals surface area (Å²) >= 11 is 0. The number of aliphatic imine (C=N–C) groups is 1. The van der Waals surface area contributed by atoms with Gasteiger partial charge in [-0.15, -0.1) is 0 Å². The van der Waals surface area contributed by atoms with Gasteiger partial charge < -0.3 is 44.0 Å². The normalized spacial score (nSPS) is 23.4. The lowest BCUT2D eigenvalue weighted by molar-refractivity contribution is -0.343. The highest BCUT2D eigenvalue weighted by Gasteiger charge is 2.49. The van der Waals surface area contributed by atoms with Gasteiger partial charge in [-0.25, -0.2) is 4.79 Å². The molecular formula is C22H29N4O9P-2. The number of carbonyl (C=O) groups is 2. The molecule has 0 aromatic heterocycles. The number of urea groups is 1. The van der Waals surface area contributed by atoms with Crippen molar-refractivity contribution in [1.29, 1.82) is 0 Å². The van der Waals surface area contributed by atoms with Crippen LogP contribution in [0.3, 0.4) is 0 Å². The molecule has 0 fully saturated rings. The van der Waals surface area contributed by atoms with E-state index < -0.39 is 57.3 Å². The van der Waals surface area contributed by atoms with E-state index in [1.165, 1.54) is 4.90 Å². The minimum atomic E-state index is -5.40. The molecule has 198 valence electrons. The number of hydrogen-bond acceptors (Lipinski definition) is 11. The Morgan fingerprint density at radius 1 is 1.25 bits per heavy atom. The van der Waals surface area contributed by atoms with Crippen molar-refractivity contribution < 1.29 is 43.8 Å². The summed E-state index contributed by atoms with van der Waals surface area (Å²) in [4.78, 5) is 54.0. The number of amides is 3. The highest BCUT2D eigenvalue weighted by Crippen LogP contribution is 2.51. The lowest BCUT2D eigenvalue weighted by Crippen LogP contribution is -2.66. The Labute approximate surface area is 207 Å². The number of phosphoric acid groups is 1. The predicted molar refractivity (Wildman–Crippen MR) is 125 cm³/mol.